The minimum absolute atomic E-state index is 0.238. The zero-order valence-corrected chi connectivity index (χ0v) is 37.3. The van der Waals surface area contributed by atoms with Crippen molar-refractivity contribution in [1.29, 1.82) is 0 Å². The third-order valence-corrected chi connectivity index (χ3v) is 14.8. The van der Waals surface area contributed by atoms with Crippen LogP contribution in [-0.2, 0) is 0 Å². The first-order valence-corrected chi connectivity index (χ1v) is 23.9. The summed E-state index contributed by atoms with van der Waals surface area (Å²) in [5.74, 6) is 0.329. The molecule has 12 heteroatoms. The third-order valence-electron chi connectivity index (χ3n) is 13.2. The van der Waals surface area contributed by atoms with Gasteiger partial charge in [0.25, 0.3) is 0 Å². The molecule has 2 unspecified atom stereocenters. The van der Waals surface area contributed by atoms with Crippen LogP contribution in [-0.4, -0.2) is 36.9 Å². The predicted molar refractivity (Wildman–Crippen MR) is 273 cm³/mol. The number of anilines is 5. The first-order valence-electron chi connectivity index (χ1n) is 21.7. The molecule has 0 amide bonds. The van der Waals surface area contributed by atoms with Gasteiger partial charge in [-0.15, -0.1) is 0 Å². The second-order valence-corrected chi connectivity index (χ2v) is 18.2. The lowest BCUT2D eigenvalue weighted by molar-refractivity contribution is 0.745. The Kier molecular flexibility index (Phi) is 8.42. The molecule has 8 aromatic carbocycles. The number of rotatable bonds is 7. The summed E-state index contributed by atoms with van der Waals surface area (Å²) in [6.07, 6.45) is 8.95. The maximum absolute atomic E-state index is 4.99. The van der Waals surface area contributed by atoms with Gasteiger partial charge >= 0.3 is 0 Å². The molecule has 66 heavy (non-hydrogen) atoms. The molecule has 1 aliphatic heterocycles. The maximum atomic E-state index is 4.99. The molecule has 0 N–H and O–H groups in total. The predicted octanol–water partition coefficient (Wildman–Crippen LogP) is 14.3. The molecule has 0 radical (unpaired) electrons. The Bertz CT molecular complexity index is 3880. The van der Waals surface area contributed by atoms with E-state index < -0.39 is 0 Å². The minimum atomic E-state index is 0.238. The fraction of sp³-hybridized carbons (Fsp3) is 0.0370. The zero-order chi connectivity index (χ0) is 43.3. The summed E-state index contributed by atoms with van der Waals surface area (Å²) in [4.78, 5) is 4.67. The molecule has 12 aromatic rings. The number of hydrogen-bond donors (Lipinski definition) is 0. The van der Waals surface area contributed by atoms with Gasteiger partial charge in [-0.1, -0.05) is 109 Å². The van der Waals surface area contributed by atoms with Crippen molar-refractivity contribution < 1.29 is 0 Å². The second kappa shape index (κ2) is 14.8. The van der Waals surface area contributed by atoms with E-state index in [0.29, 0.717) is 5.92 Å². The zero-order valence-electron chi connectivity index (χ0n) is 34.8. The Morgan fingerprint density at radius 1 is 0.424 bits per heavy atom. The molecular formula is C54H33N9S3. The molecule has 9 nitrogen and oxygen atoms in total. The Morgan fingerprint density at radius 3 is 1.65 bits per heavy atom. The van der Waals surface area contributed by atoms with Crippen LogP contribution in [0.5, 0.6) is 0 Å². The van der Waals surface area contributed by atoms with Gasteiger partial charge < -0.3 is 14.4 Å². The second-order valence-electron chi connectivity index (χ2n) is 16.6. The summed E-state index contributed by atoms with van der Waals surface area (Å²) in [5, 5.41) is 2.48. The minimum Gasteiger partial charge on any atom is -0.333 e. The van der Waals surface area contributed by atoms with E-state index in [2.05, 4.69) is 195 Å². The number of hydrogen-bond acceptors (Lipinski definition) is 11. The molecular weight excluding hydrogens is 871 g/mol. The molecule has 0 fully saturated rings. The molecule has 14 rings (SSSR count). The van der Waals surface area contributed by atoms with Crippen molar-refractivity contribution in [2.75, 3.05) is 9.80 Å². The molecule has 5 heterocycles. The van der Waals surface area contributed by atoms with Crippen LogP contribution in [0.4, 0.5) is 28.4 Å². The number of fused-ring (bicyclic) bond motifs is 9. The molecule has 0 spiro atoms. The lowest BCUT2D eigenvalue weighted by atomic mass is 9.91. The van der Waals surface area contributed by atoms with Gasteiger partial charge in [0.15, 0.2) is 0 Å². The van der Waals surface area contributed by atoms with Gasteiger partial charge in [-0.05, 0) is 95.6 Å². The van der Waals surface area contributed by atoms with Gasteiger partial charge in [-0.3, -0.25) is 0 Å². The summed E-state index contributed by atoms with van der Waals surface area (Å²) >= 11 is 3.65. The lowest BCUT2D eigenvalue weighted by Gasteiger charge is -2.29. The topological polar surface area (TPSA) is 88.8 Å². The number of nitrogens with zero attached hydrogens (tertiary/aromatic N) is 9. The normalized spacial score (nSPS) is 15.4. The Balaban J connectivity index is 0.866. The van der Waals surface area contributed by atoms with E-state index in [1.54, 1.807) is 0 Å². The van der Waals surface area contributed by atoms with Crippen molar-refractivity contribution in [3.8, 4) is 27.9 Å². The van der Waals surface area contributed by atoms with Crippen LogP contribution >= 0.6 is 35.2 Å². The molecule has 2 aliphatic rings. The van der Waals surface area contributed by atoms with E-state index in [1.807, 2.05) is 12.1 Å². The van der Waals surface area contributed by atoms with E-state index >= 15 is 0 Å². The quantitative estimate of drug-likeness (QED) is 0.156. The van der Waals surface area contributed by atoms with E-state index in [4.69, 9.17) is 21.9 Å². The summed E-state index contributed by atoms with van der Waals surface area (Å²) in [6.45, 7) is 0. The van der Waals surface area contributed by atoms with Crippen molar-refractivity contribution in [3.63, 3.8) is 0 Å². The van der Waals surface area contributed by atoms with E-state index in [-0.39, 0.29) is 6.04 Å². The standard InChI is InChI=1S/C54H33N9S3/c1-5-15-43-38(10-1)39-11-2-6-16-44(39)61(43)34-24-20-32(21-25-34)36-28-30-48(53-50(36)56-65-59-53)63(47-19-9-14-42-52(47)58-64-55-42)49-31-29-37(51-54(49)60-66-57-51)33-22-26-35(27-23-33)62-45-17-7-3-12-40(45)41-13-4-8-18-46(41)62/h1-31,38,43H. The van der Waals surface area contributed by atoms with Crippen molar-refractivity contribution in [2.24, 2.45) is 0 Å². The highest BCUT2D eigenvalue weighted by Crippen LogP contribution is 2.49. The first kappa shape index (κ1) is 37.5. The Morgan fingerprint density at radius 2 is 0.970 bits per heavy atom. The van der Waals surface area contributed by atoms with Crippen LogP contribution in [0.2, 0.25) is 0 Å². The Labute approximate surface area is 390 Å². The van der Waals surface area contributed by atoms with Crippen molar-refractivity contribution >= 4 is 119 Å². The molecule has 312 valence electrons. The van der Waals surface area contributed by atoms with Crippen LogP contribution in [0.1, 0.15) is 11.5 Å². The molecule has 1 aliphatic carbocycles. The molecule has 0 bridgehead atoms. The average molecular weight is 904 g/mol. The van der Waals surface area contributed by atoms with Gasteiger partial charge in [0.05, 0.1) is 69.3 Å². The van der Waals surface area contributed by atoms with Gasteiger partial charge in [0.1, 0.15) is 33.1 Å². The average Bonchev–Trinajstić information content (AvgIpc) is 4.24. The van der Waals surface area contributed by atoms with Crippen LogP contribution in [0.15, 0.2) is 188 Å². The monoisotopic (exact) mass is 903 g/mol. The molecule has 4 aromatic heterocycles. The smallest absolute Gasteiger partial charge is 0.129 e. The van der Waals surface area contributed by atoms with Gasteiger partial charge in [0, 0.05) is 44.9 Å². The van der Waals surface area contributed by atoms with Gasteiger partial charge in [-0.25, -0.2) is 0 Å². The van der Waals surface area contributed by atoms with Gasteiger partial charge in [0.2, 0.25) is 0 Å². The summed E-state index contributed by atoms with van der Waals surface area (Å²) < 4.78 is 31.7. The van der Waals surface area contributed by atoms with Gasteiger partial charge in [-0.2, -0.15) is 26.2 Å². The van der Waals surface area contributed by atoms with Crippen molar-refractivity contribution in [3.05, 3.63) is 194 Å². The van der Waals surface area contributed by atoms with Crippen LogP contribution in [0.25, 0.3) is 82.8 Å². The maximum Gasteiger partial charge on any atom is 0.129 e. The van der Waals surface area contributed by atoms with Crippen molar-refractivity contribution in [2.45, 2.75) is 12.0 Å². The molecule has 2 atom stereocenters. The van der Waals surface area contributed by atoms with E-state index in [9.17, 15) is 0 Å². The fourth-order valence-electron chi connectivity index (χ4n) is 10.3. The summed E-state index contributed by atoms with van der Waals surface area (Å²) in [5.41, 5.74) is 18.9. The fourth-order valence-corrected chi connectivity index (χ4v) is 12.0. The summed E-state index contributed by atoms with van der Waals surface area (Å²) in [6, 6.07) is 58.6. The molecule has 0 saturated heterocycles. The third kappa shape index (κ3) is 5.62. The number of para-hydroxylation sites is 3. The number of allylic oxidation sites excluding steroid dienone is 2. The molecule has 0 saturated carbocycles. The largest absolute Gasteiger partial charge is 0.333 e. The van der Waals surface area contributed by atoms with Crippen LogP contribution in [0.3, 0.4) is 0 Å². The van der Waals surface area contributed by atoms with Crippen molar-refractivity contribution in [1.82, 2.24) is 30.8 Å². The highest BCUT2D eigenvalue weighted by Gasteiger charge is 2.37. The number of benzene rings is 8. The highest BCUT2D eigenvalue weighted by molar-refractivity contribution is 7.00. The van der Waals surface area contributed by atoms with E-state index in [1.165, 1.54) is 68.2 Å². The lowest BCUT2D eigenvalue weighted by Crippen LogP contribution is -2.28. The highest BCUT2D eigenvalue weighted by atomic mass is 32.1. The SMILES string of the molecule is C1=CC2c3ccccc3N(c3ccc(-c4ccc(N(c5cccc6nsnc56)c5ccc(-c6ccc(-n7c8ccccc8c8ccccc87)cc6)c6nsnc56)c5nsnc45)cc3)C2C=C1. The van der Waals surface area contributed by atoms with Crippen LogP contribution < -0.4 is 9.80 Å². The Hall–Kier alpha value is -7.90. The van der Waals surface area contributed by atoms with E-state index in [0.717, 1.165) is 83.8 Å². The van der Waals surface area contributed by atoms with Crippen LogP contribution in [0, 0.1) is 0 Å². The number of aromatic nitrogens is 7. The first-order chi connectivity index (χ1) is 32.8. The summed E-state index contributed by atoms with van der Waals surface area (Å²) in [7, 11) is 0.